The molecule has 1 aromatic carbocycles. The van der Waals surface area contributed by atoms with Crippen LogP contribution < -0.4 is 14.2 Å². The van der Waals surface area contributed by atoms with Crippen LogP contribution in [-0.2, 0) is 33.9 Å². The number of carbonyl (C=O) groups excluding carboxylic acids is 4. The molecule has 2 amide bonds. The highest BCUT2D eigenvalue weighted by Crippen LogP contribution is 2.58. The third kappa shape index (κ3) is 8.80. The predicted octanol–water partition coefficient (Wildman–Crippen LogP) is 6.30. The van der Waals surface area contributed by atoms with Crippen LogP contribution in [0, 0.1) is 34.9 Å². The van der Waals surface area contributed by atoms with Crippen molar-refractivity contribution in [2.75, 3.05) is 13.7 Å². The summed E-state index contributed by atoms with van der Waals surface area (Å²) in [5.41, 5.74) is -2.38. The highest BCUT2D eigenvalue weighted by molar-refractivity contribution is 7.91. The van der Waals surface area contributed by atoms with E-state index in [4.69, 9.17) is 14.2 Å². The van der Waals surface area contributed by atoms with Crippen LogP contribution in [0.25, 0.3) is 10.8 Å². The lowest BCUT2D eigenvalue weighted by Crippen LogP contribution is -2.49. The third-order valence-corrected chi connectivity index (χ3v) is 14.1. The zero-order chi connectivity index (χ0) is 41.7. The van der Waals surface area contributed by atoms with Gasteiger partial charge >= 0.3 is 5.97 Å². The molecular weight excluding hydrogens is 768 g/mol. The van der Waals surface area contributed by atoms with Gasteiger partial charge in [0.05, 0.1) is 37.5 Å². The molecule has 1 saturated heterocycles. The van der Waals surface area contributed by atoms with Gasteiger partial charge in [0.15, 0.2) is 22.1 Å². The first kappa shape index (κ1) is 42.4. The van der Waals surface area contributed by atoms with Crippen molar-refractivity contribution >= 4 is 44.4 Å². The van der Waals surface area contributed by atoms with E-state index in [0.717, 1.165) is 0 Å². The van der Waals surface area contributed by atoms with Crippen LogP contribution in [0.1, 0.15) is 92.4 Å². The molecule has 6 rings (SSSR count). The first-order chi connectivity index (χ1) is 26.7. The van der Waals surface area contributed by atoms with E-state index in [-0.39, 0.29) is 62.1 Å². The summed E-state index contributed by atoms with van der Waals surface area (Å²) in [5, 5.41) is 0.888. The van der Waals surface area contributed by atoms with Gasteiger partial charge in [0, 0.05) is 24.4 Å². The van der Waals surface area contributed by atoms with Crippen LogP contribution in [0.3, 0.4) is 0 Å². The van der Waals surface area contributed by atoms with Crippen LogP contribution in [0.2, 0.25) is 0 Å². The van der Waals surface area contributed by atoms with Gasteiger partial charge in [0.2, 0.25) is 27.7 Å². The summed E-state index contributed by atoms with van der Waals surface area (Å²) in [4.78, 5) is 62.3. The molecule has 4 aliphatic rings. The molecule has 12 nitrogen and oxygen atoms in total. The summed E-state index contributed by atoms with van der Waals surface area (Å²) >= 11 is 0. The number of allylic oxidation sites excluding steroid dienone is 2. The third-order valence-electron chi connectivity index (χ3n) is 12.0. The number of rotatable bonds is 9. The molecular formula is C41H52F3N3O9S. The van der Waals surface area contributed by atoms with Gasteiger partial charge in [0.25, 0.3) is 6.43 Å². The van der Waals surface area contributed by atoms with Gasteiger partial charge in [-0.2, -0.15) is 0 Å². The molecule has 7 atom stereocenters. The number of fused-ring (bicyclic) bond motifs is 3. The monoisotopic (exact) mass is 819 g/mol. The molecule has 0 radical (unpaired) electrons. The number of hydrogen-bond acceptors (Lipinski definition) is 10. The van der Waals surface area contributed by atoms with Crippen LogP contribution in [-0.4, -0.2) is 84.4 Å². The molecule has 1 N–H and O–H groups in total. The van der Waals surface area contributed by atoms with Crippen molar-refractivity contribution in [3.05, 3.63) is 42.4 Å². The normalized spacial score (nSPS) is 29.8. The topological polar surface area (TPSA) is 158 Å². The highest BCUT2D eigenvalue weighted by atomic mass is 32.2. The van der Waals surface area contributed by atoms with E-state index >= 15 is 0 Å². The number of halogens is 3. The number of pyridine rings is 1. The second-order valence-electron chi connectivity index (χ2n) is 17.4. The molecule has 3 fully saturated rings. The van der Waals surface area contributed by atoms with Gasteiger partial charge in [0.1, 0.15) is 11.7 Å². The lowest BCUT2D eigenvalue weighted by molar-refractivity contribution is -0.160. The van der Waals surface area contributed by atoms with Gasteiger partial charge in [-0.1, -0.05) is 26.0 Å². The molecule has 2 aliphatic carbocycles. The summed E-state index contributed by atoms with van der Waals surface area (Å²) in [6.07, 6.45) is 1.68. The van der Waals surface area contributed by atoms with E-state index in [1.807, 2.05) is 24.6 Å². The number of aromatic nitrogens is 1. The molecule has 2 aliphatic heterocycles. The van der Waals surface area contributed by atoms with Crippen molar-refractivity contribution in [2.24, 2.45) is 29.1 Å². The molecule has 312 valence electrons. The molecule has 16 heteroatoms. The fourth-order valence-corrected chi connectivity index (χ4v) is 9.99. The second kappa shape index (κ2) is 15.9. The maximum Gasteiger partial charge on any atom is 0.307 e. The zero-order valence-corrected chi connectivity index (χ0v) is 34.0. The number of nitrogens with zero attached hydrogens (tertiary/aromatic N) is 2. The van der Waals surface area contributed by atoms with Crippen LogP contribution >= 0.6 is 0 Å². The summed E-state index contributed by atoms with van der Waals surface area (Å²) in [6, 6.07) is 3.19. The van der Waals surface area contributed by atoms with Gasteiger partial charge < -0.3 is 19.1 Å². The number of ether oxygens (including phenoxy) is 3. The van der Waals surface area contributed by atoms with Crippen molar-refractivity contribution in [3.8, 4) is 11.6 Å². The number of carbonyl (C=O) groups is 4. The zero-order valence-electron chi connectivity index (χ0n) is 33.2. The molecule has 2 saturated carbocycles. The number of alkyl halides is 2. The summed E-state index contributed by atoms with van der Waals surface area (Å²) < 4.78 is 85.7. The molecule has 1 aromatic heterocycles. The average molecular weight is 820 g/mol. The number of hydrogen-bond donors (Lipinski definition) is 1. The molecule has 0 bridgehead atoms. The van der Waals surface area contributed by atoms with Gasteiger partial charge in [-0.15, -0.1) is 0 Å². The van der Waals surface area contributed by atoms with E-state index in [1.165, 1.54) is 30.3 Å². The van der Waals surface area contributed by atoms with E-state index < -0.39 is 92.0 Å². The van der Waals surface area contributed by atoms with Gasteiger partial charge in [-0.05, 0) is 101 Å². The summed E-state index contributed by atoms with van der Waals surface area (Å²) in [7, 11) is -3.45. The SMILES string of the molecule is COc1cc2ccnc(O[C@@H]3C[C@H]4C(=O)C[C@]5(C(=O)NS(=O)(=O)C6(C(F)F)CC6)C[C@H]5/C=C\CC[C@@H](C)C[C@@H](C)[C@H](CC(=O)OC(C)(C)C)C(=O)N4C3)c2cc1F. The van der Waals surface area contributed by atoms with E-state index in [0.29, 0.717) is 30.0 Å². The Morgan fingerprint density at radius 3 is 2.49 bits per heavy atom. The quantitative estimate of drug-likeness (QED) is 0.225. The van der Waals surface area contributed by atoms with E-state index in [1.54, 1.807) is 32.9 Å². The minimum atomic E-state index is -4.79. The first-order valence-corrected chi connectivity index (χ1v) is 21.0. The van der Waals surface area contributed by atoms with Crippen molar-refractivity contribution in [3.63, 3.8) is 0 Å². The van der Waals surface area contributed by atoms with Crippen molar-refractivity contribution in [1.82, 2.24) is 14.6 Å². The predicted molar refractivity (Wildman–Crippen MR) is 203 cm³/mol. The number of ketones is 1. The van der Waals surface area contributed by atoms with Crippen molar-refractivity contribution < 1.29 is 55.0 Å². The fourth-order valence-electron chi connectivity index (χ4n) is 8.46. The lowest BCUT2D eigenvalue weighted by Gasteiger charge is -2.32. The largest absolute Gasteiger partial charge is 0.494 e. The van der Waals surface area contributed by atoms with Gasteiger partial charge in [-0.3, -0.25) is 23.9 Å². The average Bonchev–Trinajstić information content (AvgIpc) is 4.03. The molecule has 57 heavy (non-hydrogen) atoms. The fraction of sp³-hybridized carbons (Fsp3) is 0.634. The minimum Gasteiger partial charge on any atom is -0.494 e. The number of sulfonamides is 1. The van der Waals surface area contributed by atoms with Crippen LogP contribution in [0.5, 0.6) is 11.6 Å². The second-order valence-corrected chi connectivity index (χ2v) is 19.5. The molecule has 2 aromatic rings. The number of Topliss-reactive ketones (excluding diaryl/α,β-unsaturated/α-hetero) is 1. The number of nitrogens with one attached hydrogen (secondary N) is 1. The number of amides is 2. The Morgan fingerprint density at radius 1 is 1.12 bits per heavy atom. The minimum absolute atomic E-state index is 0.0163. The van der Waals surface area contributed by atoms with Crippen LogP contribution in [0.4, 0.5) is 13.2 Å². The summed E-state index contributed by atoms with van der Waals surface area (Å²) in [6.45, 7) is 8.99. The maximum absolute atomic E-state index is 14.9. The molecule has 0 unspecified atom stereocenters. The number of benzene rings is 1. The lowest BCUT2D eigenvalue weighted by atomic mass is 9.82. The standard InChI is InChI=1S/C41H52F3N3O9S/c1-23-9-7-8-10-26-20-40(26,38(51)46-57(52,53)41(12-13-41)37(43)44)21-32(48)31-17-27(55-35-29-18-30(42)33(54-6)16-25(29)11-14-45-35)22-47(31)36(50)28(24(2)15-23)19-34(49)56-39(3,4)5/h8,10-11,14,16,18,23-24,26-28,31,37H,7,9,12-13,15,17,19-22H2,1-6H3,(H,46,51)/b10-8-/t23-,24-,26-,27-,28+,31+,40-/m1/s1. The van der Waals surface area contributed by atoms with Crippen LogP contribution in [0.15, 0.2) is 36.5 Å². The maximum atomic E-state index is 14.9. The Bertz CT molecular complexity index is 2050. The smallest absolute Gasteiger partial charge is 0.307 e. The highest BCUT2D eigenvalue weighted by Gasteiger charge is 2.66. The van der Waals surface area contributed by atoms with Crippen molar-refractivity contribution in [2.45, 2.75) is 121 Å². The van der Waals surface area contributed by atoms with E-state index in [9.17, 15) is 40.8 Å². The Balaban J connectivity index is 1.36. The Labute approximate surface area is 331 Å². The Hall–Kier alpha value is -4.21. The number of esters is 1. The van der Waals surface area contributed by atoms with E-state index in [2.05, 4.69) is 4.98 Å². The molecule has 3 heterocycles. The van der Waals surface area contributed by atoms with Gasteiger partial charge in [-0.25, -0.2) is 26.6 Å². The summed E-state index contributed by atoms with van der Waals surface area (Å²) in [5.74, 6) is -4.90. The van der Waals surface area contributed by atoms with Crippen molar-refractivity contribution in [1.29, 1.82) is 0 Å². The Kier molecular flexibility index (Phi) is 11.8. The molecule has 0 spiro atoms. The first-order valence-electron chi connectivity index (χ1n) is 19.6. The Morgan fingerprint density at radius 2 is 1.84 bits per heavy atom. The number of methoxy groups -OCH3 is 1.